The predicted octanol–water partition coefficient (Wildman–Crippen LogP) is 0.277. The van der Waals surface area contributed by atoms with Crippen LogP contribution in [-0.2, 0) is 11.2 Å². The van der Waals surface area contributed by atoms with Gasteiger partial charge in [-0.3, -0.25) is 10.1 Å². The summed E-state index contributed by atoms with van der Waals surface area (Å²) in [5.74, 6) is -1.16. The summed E-state index contributed by atoms with van der Waals surface area (Å²) in [7, 11) is 0. The van der Waals surface area contributed by atoms with E-state index in [4.69, 9.17) is 0 Å². The lowest BCUT2D eigenvalue weighted by molar-refractivity contribution is -0.384. The van der Waals surface area contributed by atoms with Gasteiger partial charge in [-0.15, -0.1) is 0 Å². The zero-order chi connectivity index (χ0) is 10.6. The Morgan fingerprint density at radius 3 is 2.71 bits per heavy atom. The summed E-state index contributed by atoms with van der Waals surface area (Å²) in [5, 5.41) is 20.5. The van der Waals surface area contributed by atoms with Gasteiger partial charge >= 0.3 is 0 Å². The first-order chi connectivity index (χ1) is 6.59. The van der Waals surface area contributed by atoms with Gasteiger partial charge in [-0.25, -0.2) is 0 Å². The van der Waals surface area contributed by atoms with E-state index in [1.54, 1.807) is 6.07 Å². The molecule has 0 aromatic heterocycles. The number of carbonyl (C=O) groups excluding carboxylic acids is 1. The number of carboxylic acids is 1. The number of rotatable bonds is 4. The zero-order valence-corrected chi connectivity index (χ0v) is 7.30. The number of carbonyl (C=O) groups is 1. The average molecular weight is 194 g/mol. The van der Waals surface area contributed by atoms with E-state index in [-0.39, 0.29) is 18.5 Å². The van der Waals surface area contributed by atoms with Crippen molar-refractivity contribution >= 4 is 11.7 Å². The number of hydrogen-bond donors (Lipinski definition) is 0. The highest BCUT2D eigenvalue weighted by atomic mass is 16.6. The van der Waals surface area contributed by atoms with Crippen molar-refractivity contribution in [3.63, 3.8) is 0 Å². The van der Waals surface area contributed by atoms with Crippen LogP contribution in [-0.4, -0.2) is 10.9 Å². The van der Waals surface area contributed by atoms with Crippen molar-refractivity contribution in [1.29, 1.82) is 0 Å². The third-order valence-corrected chi connectivity index (χ3v) is 1.74. The molecule has 1 rings (SSSR count). The lowest BCUT2D eigenvalue weighted by Gasteiger charge is -2.01. The van der Waals surface area contributed by atoms with Gasteiger partial charge in [-0.1, -0.05) is 12.1 Å². The summed E-state index contributed by atoms with van der Waals surface area (Å²) < 4.78 is 0. The molecule has 1 aromatic carbocycles. The van der Waals surface area contributed by atoms with Crippen LogP contribution < -0.4 is 5.11 Å². The molecule has 14 heavy (non-hydrogen) atoms. The molecule has 0 radical (unpaired) electrons. The Morgan fingerprint density at radius 1 is 1.43 bits per heavy atom. The Labute approximate surface area is 80.1 Å². The molecule has 0 aliphatic carbocycles. The SMILES string of the molecule is O=C([O-])CCc1cccc([N+](=O)[O-])c1. The van der Waals surface area contributed by atoms with Crippen LogP contribution in [0, 0.1) is 10.1 Å². The van der Waals surface area contributed by atoms with Crippen LogP contribution >= 0.6 is 0 Å². The van der Waals surface area contributed by atoms with Gasteiger partial charge in [0, 0.05) is 18.1 Å². The number of benzene rings is 1. The topological polar surface area (TPSA) is 83.3 Å². The number of nitro groups is 1. The molecule has 0 N–H and O–H groups in total. The van der Waals surface area contributed by atoms with Gasteiger partial charge < -0.3 is 9.90 Å². The van der Waals surface area contributed by atoms with E-state index >= 15 is 0 Å². The van der Waals surface area contributed by atoms with Crippen molar-refractivity contribution in [3.8, 4) is 0 Å². The van der Waals surface area contributed by atoms with Gasteiger partial charge in [0.15, 0.2) is 0 Å². The molecule has 74 valence electrons. The molecule has 5 nitrogen and oxygen atoms in total. The van der Waals surface area contributed by atoms with Crippen LogP contribution in [0.15, 0.2) is 24.3 Å². The number of nitrogens with zero attached hydrogens (tertiary/aromatic N) is 1. The number of non-ortho nitro benzene ring substituents is 1. The molecule has 0 aliphatic heterocycles. The Morgan fingerprint density at radius 2 is 2.14 bits per heavy atom. The zero-order valence-electron chi connectivity index (χ0n) is 7.30. The second kappa shape index (κ2) is 4.36. The minimum Gasteiger partial charge on any atom is -0.550 e. The van der Waals surface area contributed by atoms with Crippen molar-refractivity contribution in [3.05, 3.63) is 39.9 Å². The summed E-state index contributed by atoms with van der Waals surface area (Å²) in [6.45, 7) is 0. The first kappa shape index (κ1) is 10.2. The maximum atomic E-state index is 10.4. The van der Waals surface area contributed by atoms with E-state index in [1.165, 1.54) is 18.2 Å². The van der Waals surface area contributed by atoms with Crippen molar-refractivity contribution in [2.24, 2.45) is 0 Å². The highest BCUT2D eigenvalue weighted by Crippen LogP contribution is 2.13. The second-order valence-electron chi connectivity index (χ2n) is 2.80. The third-order valence-electron chi connectivity index (χ3n) is 1.74. The van der Waals surface area contributed by atoms with E-state index < -0.39 is 10.9 Å². The van der Waals surface area contributed by atoms with E-state index in [0.29, 0.717) is 5.56 Å². The van der Waals surface area contributed by atoms with Crippen molar-refractivity contribution in [1.82, 2.24) is 0 Å². The lowest BCUT2D eigenvalue weighted by atomic mass is 10.1. The van der Waals surface area contributed by atoms with E-state index in [2.05, 4.69) is 0 Å². The monoisotopic (exact) mass is 194 g/mol. The standard InChI is InChI=1S/C9H9NO4/c11-9(12)5-4-7-2-1-3-8(6-7)10(13)14/h1-3,6H,4-5H2,(H,11,12)/p-1. The van der Waals surface area contributed by atoms with Crippen LogP contribution in [0.2, 0.25) is 0 Å². The molecule has 0 saturated carbocycles. The molecule has 5 heteroatoms. The van der Waals surface area contributed by atoms with Gasteiger partial charge in [0.25, 0.3) is 5.69 Å². The average Bonchev–Trinajstić information content (AvgIpc) is 2.15. The van der Waals surface area contributed by atoms with Gasteiger partial charge in [-0.2, -0.15) is 0 Å². The third kappa shape index (κ3) is 2.85. The van der Waals surface area contributed by atoms with Gasteiger partial charge in [0.05, 0.1) is 4.92 Å². The van der Waals surface area contributed by atoms with Crippen LogP contribution in [0.3, 0.4) is 0 Å². The van der Waals surface area contributed by atoms with E-state index in [1.807, 2.05) is 0 Å². The maximum absolute atomic E-state index is 10.4. The lowest BCUT2D eigenvalue weighted by Crippen LogP contribution is -2.22. The van der Waals surface area contributed by atoms with Gasteiger partial charge in [0.2, 0.25) is 0 Å². The number of nitro benzene ring substituents is 1. The molecule has 0 aliphatic rings. The highest BCUT2D eigenvalue weighted by Gasteiger charge is 2.04. The molecular formula is C9H8NO4-. The van der Waals surface area contributed by atoms with Crippen LogP contribution in [0.5, 0.6) is 0 Å². The number of carboxylic acid groups (broad SMARTS) is 1. The van der Waals surface area contributed by atoms with Crippen LogP contribution in [0.25, 0.3) is 0 Å². The molecule has 0 amide bonds. The van der Waals surface area contributed by atoms with Crippen molar-refractivity contribution < 1.29 is 14.8 Å². The Bertz CT molecular complexity index is 362. The van der Waals surface area contributed by atoms with Crippen LogP contribution in [0.1, 0.15) is 12.0 Å². The molecular weight excluding hydrogens is 186 g/mol. The first-order valence-electron chi connectivity index (χ1n) is 4.03. The smallest absolute Gasteiger partial charge is 0.269 e. The minimum atomic E-state index is -1.16. The molecule has 0 fully saturated rings. The minimum absolute atomic E-state index is 0.0270. The highest BCUT2D eigenvalue weighted by molar-refractivity contribution is 5.64. The fraction of sp³-hybridized carbons (Fsp3) is 0.222. The van der Waals surface area contributed by atoms with Crippen molar-refractivity contribution in [2.75, 3.05) is 0 Å². The summed E-state index contributed by atoms with van der Waals surface area (Å²) in [4.78, 5) is 20.0. The molecule has 1 aromatic rings. The molecule has 0 unspecified atom stereocenters. The van der Waals surface area contributed by atoms with Crippen molar-refractivity contribution in [2.45, 2.75) is 12.8 Å². The maximum Gasteiger partial charge on any atom is 0.269 e. The van der Waals surface area contributed by atoms with E-state index in [0.717, 1.165) is 0 Å². The quantitative estimate of drug-likeness (QED) is 0.509. The fourth-order valence-electron chi connectivity index (χ4n) is 1.07. The molecule has 0 heterocycles. The summed E-state index contributed by atoms with van der Waals surface area (Å²) in [5.41, 5.74) is 0.601. The molecule has 0 bridgehead atoms. The molecule has 0 atom stereocenters. The molecule has 0 spiro atoms. The first-order valence-corrected chi connectivity index (χ1v) is 4.03. The Kier molecular flexibility index (Phi) is 3.17. The Balaban J connectivity index is 2.73. The van der Waals surface area contributed by atoms with Gasteiger partial charge in [-0.05, 0) is 18.4 Å². The summed E-state index contributed by atoms with van der Waals surface area (Å²) in [6.07, 6.45) is 0.130. The van der Waals surface area contributed by atoms with Gasteiger partial charge in [0.1, 0.15) is 0 Å². The number of aryl methyl sites for hydroxylation is 1. The predicted molar refractivity (Wildman–Crippen MR) is 46.4 cm³/mol. The fourth-order valence-corrected chi connectivity index (χ4v) is 1.07. The second-order valence-corrected chi connectivity index (χ2v) is 2.80. The summed E-state index contributed by atoms with van der Waals surface area (Å²) in [6, 6.07) is 5.91. The normalized spacial score (nSPS) is 9.71. The number of hydrogen-bond acceptors (Lipinski definition) is 4. The van der Waals surface area contributed by atoms with Crippen LogP contribution in [0.4, 0.5) is 5.69 Å². The number of aliphatic carboxylic acids is 1. The summed E-state index contributed by atoms with van der Waals surface area (Å²) >= 11 is 0. The molecule has 0 saturated heterocycles. The Hall–Kier alpha value is -1.91. The largest absolute Gasteiger partial charge is 0.550 e. The van der Waals surface area contributed by atoms with E-state index in [9.17, 15) is 20.0 Å².